The predicted molar refractivity (Wildman–Crippen MR) is 70.3 cm³/mol. The highest BCUT2D eigenvalue weighted by Crippen LogP contribution is 2.02. The van der Waals surface area contributed by atoms with Crippen LogP contribution in [0, 0.1) is 0 Å². The van der Waals surface area contributed by atoms with Crippen molar-refractivity contribution in [1.82, 2.24) is 25.1 Å². The molecular formula is C12H23N5O2. The lowest BCUT2D eigenvalue weighted by Crippen LogP contribution is -2.22. The van der Waals surface area contributed by atoms with Gasteiger partial charge in [-0.25, -0.2) is 4.68 Å². The number of methoxy groups -OCH3 is 1. The molecule has 0 aliphatic carbocycles. The molecule has 0 saturated heterocycles. The van der Waals surface area contributed by atoms with Crippen LogP contribution in [-0.2, 0) is 22.6 Å². The number of aromatic nitrogens is 4. The molecular weight excluding hydrogens is 246 g/mol. The van der Waals surface area contributed by atoms with Crippen LogP contribution in [-0.4, -0.2) is 51.8 Å². The number of carbonyl (C=O) groups is 1. The van der Waals surface area contributed by atoms with E-state index in [0.29, 0.717) is 13.0 Å². The van der Waals surface area contributed by atoms with E-state index in [1.54, 1.807) is 0 Å². The van der Waals surface area contributed by atoms with Gasteiger partial charge >= 0.3 is 5.97 Å². The van der Waals surface area contributed by atoms with Crippen molar-refractivity contribution in [1.29, 1.82) is 0 Å². The summed E-state index contributed by atoms with van der Waals surface area (Å²) in [6, 6.07) is 0. The molecule has 0 amide bonds. The highest BCUT2D eigenvalue weighted by Gasteiger charge is 2.09. The number of ether oxygens (including phenoxy) is 1. The van der Waals surface area contributed by atoms with Crippen molar-refractivity contribution in [3.05, 3.63) is 5.82 Å². The Labute approximate surface area is 113 Å². The average Bonchev–Trinajstić information content (AvgIpc) is 2.83. The van der Waals surface area contributed by atoms with Crippen LogP contribution in [0.25, 0.3) is 0 Å². The van der Waals surface area contributed by atoms with E-state index < -0.39 is 0 Å². The molecule has 108 valence electrons. The molecule has 0 radical (unpaired) electrons. The van der Waals surface area contributed by atoms with Gasteiger partial charge in [-0.3, -0.25) is 9.69 Å². The molecule has 7 nitrogen and oxygen atoms in total. The fourth-order valence-corrected chi connectivity index (χ4v) is 1.73. The lowest BCUT2D eigenvalue weighted by Gasteiger charge is -2.15. The molecule has 0 N–H and O–H groups in total. The van der Waals surface area contributed by atoms with E-state index in [1.165, 1.54) is 7.11 Å². The van der Waals surface area contributed by atoms with Crippen molar-refractivity contribution in [2.24, 2.45) is 0 Å². The van der Waals surface area contributed by atoms with Gasteiger partial charge in [0, 0.05) is 13.0 Å². The Balaban J connectivity index is 2.33. The third kappa shape index (κ3) is 5.78. The zero-order chi connectivity index (χ0) is 14.1. The first-order chi connectivity index (χ1) is 9.17. The van der Waals surface area contributed by atoms with Crippen LogP contribution in [0.15, 0.2) is 0 Å². The maximum Gasteiger partial charge on any atom is 0.305 e. The van der Waals surface area contributed by atoms with E-state index in [2.05, 4.69) is 32.1 Å². The van der Waals surface area contributed by atoms with Crippen LogP contribution in [0.2, 0.25) is 0 Å². The van der Waals surface area contributed by atoms with E-state index in [0.717, 1.165) is 38.2 Å². The van der Waals surface area contributed by atoms with Crippen molar-refractivity contribution in [3.8, 4) is 0 Å². The summed E-state index contributed by atoms with van der Waals surface area (Å²) in [6.45, 7) is 4.51. The van der Waals surface area contributed by atoms with E-state index in [4.69, 9.17) is 0 Å². The Morgan fingerprint density at radius 3 is 2.89 bits per heavy atom. The highest BCUT2D eigenvalue weighted by atomic mass is 16.5. The second-order valence-corrected chi connectivity index (χ2v) is 4.59. The molecule has 1 rings (SSSR count). The summed E-state index contributed by atoms with van der Waals surface area (Å²) < 4.78 is 6.45. The first-order valence-electron chi connectivity index (χ1n) is 6.67. The molecule has 7 heteroatoms. The zero-order valence-corrected chi connectivity index (χ0v) is 12.0. The summed E-state index contributed by atoms with van der Waals surface area (Å²) in [6.07, 6.45) is 3.42. The van der Waals surface area contributed by atoms with E-state index in [1.807, 2.05) is 11.7 Å². The van der Waals surface area contributed by atoms with Gasteiger partial charge in [-0.2, -0.15) is 0 Å². The molecule has 1 aromatic rings. The van der Waals surface area contributed by atoms with Gasteiger partial charge in [0.1, 0.15) is 0 Å². The second-order valence-electron chi connectivity index (χ2n) is 4.59. The van der Waals surface area contributed by atoms with Crippen LogP contribution >= 0.6 is 0 Å². The molecule has 1 aromatic heterocycles. The minimum atomic E-state index is -0.166. The monoisotopic (exact) mass is 269 g/mol. The van der Waals surface area contributed by atoms with Crippen LogP contribution < -0.4 is 0 Å². The van der Waals surface area contributed by atoms with Gasteiger partial charge in [-0.05, 0) is 36.9 Å². The number of nitrogens with zero attached hydrogens (tertiary/aromatic N) is 5. The Morgan fingerprint density at radius 2 is 2.21 bits per heavy atom. The summed E-state index contributed by atoms with van der Waals surface area (Å²) in [4.78, 5) is 13.1. The van der Waals surface area contributed by atoms with Crippen LogP contribution in [0.4, 0.5) is 0 Å². The largest absolute Gasteiger partial charge is 0.469 e. The van der Waals surface area contributed by atoms with Crippen LogP contribution in [0.5, 0.6) is 0 Å². The number of aryl methyl sites for hydroxylation is 1. The van der Waals surface area contributed by atoms with Crippen molar-refractivity contribution in [2.75, 3.05) is 20.7 Å². The maximum atomic E-state index is 11.0. The first-order valence-corrected chi connectivity index (χ1v) is 6.67. The van der Waals surface area contributed by atoms with Gasteiger partial charge in [0.2, 0.25) is 0 Å². The van der Waals surface area contributed by atoms with Crippen LogP contribution in [0.1, 0.15) is 38.4 Å². The van der Waals surface area contributed by atoms with Gasteiger partial charge < -0.3 is 4.74 Å². The number of rotatable bonds is 9. The van der Waals surface area contributed by atoms with Crippen LogP contribution in [0.3, 0.4) is 0 Å². The van der Waals surface area contributed by atoms with Gasteiger partial charge in [-0.1, -0.05) is 13.3 Å². The molecule has 0 saturated carbocycles. The number of hydrogen-bond donors (Lipinski definition) is 0. The molecule has 1 heterocycles. The molecule has 0 spiro atoms. The number of carbonyl (C=O) groups excluding carboxylic acids is 1. The number of hydrogen-bond acceptors (Lipinski definition) is 6. The van der Waals surface area contributed by atoms with E-state index >= 15 is 0 Å². The standard InChI is InChI=1S/C12H23N5O2/c1-4-5-9-17-11(13-14-15-17)10-16(2)8-6-7-12(18)19-3/h4-10H2,1-3H3. The van der Waals surface area contributed by atoms with Crippen molar-refractivity contribution >= 4 is 5.97 Å². The lowest BCUT2D eigenvalue weighted by atomic mass is 10.3. The SMILES string of the molecule is CCCCn1nnnc1CN(C)CCCC(=O)OC. The Kier molecular flexibility index (Phi) is 7.02. The molecule has 0 bridgehead atoms. The molecule has 0 aliphatic heterocycles. The Hall–Kier alpha value is -1.50. The van der Waals surface area contributed by atoms with Gasteiger partial charge in [0.05, 0.1) is 13.7 Å². The van der Waals surface area contributed by atoms with E-state index in [9.17, 15) is 4.79 Å². The zero-order valence-electron chi connectivity index (χ0n) is 12.0. The predicted octanol–water partition coefficient (Wildman–Crippen LogP) is 0.858. The summed E-state index contributed by atoms with van der Waals surface area (Å²) >= 11 is 0. The minimum absolute atomic E-state index is 0.166. The molecule has 19 heavy (non-hydrogen) atoms. The summed E-state index contributed by atoms with van der Waals surface area (Å²) in [5.74, 6) is 0.704. The van der Waals surface area contributed by atoms with E-state index in [-0.39, 0.29) is 5.97 Å². The summed E-state index contributed by atoms with van der Waals surface area (Å²) in [5, 5.41) is 11.7. The van der Waals surface area contributed by atoms with Crippen molar-refractivity contribution in [2.45, 2.75) is 45.7 Å². The van der Waals surface area contributed by atoms with Gasteiger partial charge in [0.15, 0.2) is 5.82 Å². The smallest absolute Gasteiger partial charge is 0.305 e. The fourth-order valence-electron chi connectivity index (χ4n) is 1.73. The molecule has 0 fully saturated rings. The third-order valence-corrected chi connectivity index (χ3v) is 2.89. The lowest BCUT2D eigenvalue weighted by molar-refractivity contribution is -0.140. The molecule has 0 aliphatic rings. The number of tetrazole rings is 1. The maximum absolute atomic E-state index is 11.0. The third-order valence-electron chi connectivity index (χ3n) is 2.89. The average molecular weight is 269 g/mol. The fraction of sp³-hybridized carbons (Fsp3) is 0.833. The Morgan fingerprint density at radius 1 is 1.42 bits per heavy atom. The minimum Gasteiger partial charge on any atom is -0.469 e. The first kappa shape index (κ1) is 15.6. The quantitative estimate of drug-likeness (QED) is 0.619. The second kappa shape index (κ2) is 8.58. The number of unbranched alkanes of at least 4 members (excludes halogenated alkanes) is 1. The van der Waals surface area contributed by atoms with Gasteiger partial charge in [0.25, 0.3) is 0 Å². The normalized spacial score (nSPS) is 10.9. The summed E-state index contributed by atoms with van der Waals surface area (Å²) in [7, 11) is 3.41. The highest BCUT2D eigenvalue weighted by molar-refractivity contribution is 5.69. The number of esters is 1. The molecule has 0 atom stereocenters. The molecule has 0 unspecified atom stereocenters. The van der Waals surface area contributed by atoms with Crippen molar-refractivity contribution < 1.29 is 9.53 Å². The Bertz CT molecular complexity index is 380. The topological polar surface area (TPSA) is 73.1 Å². The summed E-state index contributed by atoms with van der Waals surface area (Å²) in [5.41, 5.74) is 0. The van der Waals surface area contributed by atoms with Crippen molar-refractivity contribution in [3.63, 3.8) is 0 Å². The van der Waals surface area contributed by atoms with Gasteiger partial charge in [-0.15, -0.1) is 5.10 Å². The molecule has 0 aromatic carbocycles.